The summed E-state index contributed by atoms with van der Waals surface area (Å²) < 4.78 is 12.2. The third-order valence-corrected chi connectivity index (χ3v) is 3.96. The summed E-state index contributed by atoms with van der Waals surface area (Å²) in [7, 11) is 1.90. The summed E-state index contributed by atoms with van der Waals surface area (Å²) in [6.45, 7) is 3.24. The molecule has 3 nitrogen and oxygen atoms in total. The maximum atomic E-state index is 5.89. The maximum Gasteiger partial charge on any atom is 0.201 e. The van der Waals surface area contributed by atoms with E-state index in [1.54, 1.807) is 0 Å². The Morgan fingerprint density at radius 3 is 2.60 bits per heavy atom. The number of likely N-dealkylation sites (N-methyl/N-ethyl adjacent to an activating group) is 1. The van der Waals surface area contributed by atoms with Gasteiger partial charge in [0.2, 0.25) is 5.79 Å². The highest BCUT2D eigenvalue weighted by atomic mass is 35.5. The zero-order valence-electron chi connectivity index (χ0n) is 8.75. The van der Waals surface area contributed by atoms with Crippen molar-refractivity contribution in [2.24, 2.45) is 0 Å². The number of thiophene rings is 1. The summed E-state index contributed by atoms with van der Waals surface area (Å²) in [5.74, 6) is -0.634. The summed E-state index contributed by atoms with van der Waals surface area (Å²) in [4.78, 5) is 1.02. The van der Waals surface area contributed by atoms with Crippen molar-refractivity contribution < 1.29 is 9.47 Å². The van der Waals surface area contributed by atoms with Crippen LogP contribution in [0.15, 0.2) is 12.1 Å². The van der Waals surface area contributed by atoms with Gasteiger partial charge in [-0.1, -0.05) is 11.6 Å². The number of hydrogen-bond acceptors (Lipinski definition) is 4. The number of rotatable bonds is 2. The van der Waals surface area contributed by atoms with Crippen LogP contribution < -0.4 is 5.32 Å². The Labute approximate surface area is 98.3 Å². The first-order valence-electron chi connectivity index (χ1n) is 4.85. The average molecular weight is 248 g/mol. The van der Waals surface area contributed by atoms with Crippen LogP contribution in [-0.2, 0) is 15.3 Å². The van der Waals surface area contributed by atoms with Crippen molar-refractivity contribution >= 4 is 22.9 Å². The largest absolute Gasteiger partial charge is 0.344 e. The topological polar surface area (TPSA) is 30.5 Å². The molecule has 0 aliphatic carbocycles. The normalized spacial score (nSPS) is 31.8. The molecule has 0 saturated carbocycles. The van der Waals surface area contributed by atoms with E-state index < -0.39 is 5.79 Å². The molecule has 1 aromatic heterocycles. The third kappa shape index (κ3) is 2.34. The van der Waals surface area contributed by atoms with Crippen LogP contribution in [0.1, 0.15) is 11.8 Å². The number of halogens is 1. The summed E-state index contributed by atoms with van der Waals surface area (Å²) in [6.07, 6.45) is 0. The van der Waals surface area contributed by atoms with Crippen LogP contribution in [0.25, 0.3) is 0 Å². The van der Waals surface area contributed by atoms with Gasteiger partial charge in [-0.25, -0.2) is 0 Å². The lowest BCUT2D eigenvalue weighted by Crippen LogP contribution is -2.47. The highest BCUT2D eigenvalue weighted by Crippen LogP contribution is 2.36. The van der Waals surface area contributed by atoms with Gasteiger partial charge in [-0.05, 0) is 26.1 Å². The lowest BCUT2D eigenvalue weighted by atomic mass is 10.2. The first-order chi connectivity index (χ1) is 7.14. The van der Waals surface area contributed by atoms with E-state index in [2.05, 4.69) is 5.32 Å². The molecular weight excluding hydrogens is 234 g/mol. The molecule has 1 aliphatic heterocycles. The van der Waals surface area contributed by atoms with E-state index in [1.165, 1.54) is 11.3 Å². The number of nitrogens with one attached hydrogen (secondary N) is 1. The molecule has 15 heavy (non-hydrogen) atoms. The minimum Gasteiger partial charge on any atom is -0.344 e. The van der Waals surface area contributed by atoms with Crippen molar-refractivity contribution in [2.75, 3.05) is 20.3 Å². The Balaban J connectivity index is 2.09. The minimum absolute atomic E-state index is 0.272. The van der Waals surface area contributed by atoms with Crippen LogP contribution in [0.2, 0.25) is 4.34 Å². The van der Waals surface area contributed by atoms with Crippen molar-refractivity contribution in [1.29, 1.82) is 0 Å². The van der Waals surface area contributed by atoms with Gasteiger partial charge in [0.15, 0.2) is 0 Å². The molecule has 1 fully saturated rings. The fourth-order valence-electron chi connectivity index (χ4n) is 1.48. The molecule has 1 aliphatic rings. The quantitative estimate of drug-likeness (QED) is 0.869. The fourth-order valence-corrected chi connectivity index (χ4v) is 2.57. The Bertz CT molecular complexity index is 334. The highest BCUT2D eigenvalue weighted by Gasteiger charge is 2.35. The second-order valence-corrected chi connectivity index (χ2v) is 5.37. The van der Waals surface area contributed by atoms with Crippen LogP contribution in [0.3, 0.4) is 0 Å². The van der Waals surface area contributed by atoms with Gasteiger partial charge >= 0.3 is 0 Å². The molecule has 0 atom stereocenters. The molecule has 2 heterocycles. The molecule has 2 rings (SSSR count). The predicted octanol–water partition coefficient (Wildman–Crippen LogP) is 2.21. The van der Waals surface area contributed by atoms with Gasteiger partial charge in [-0.3, -0.25) is 0 Å². The lowest BCUT2D eigenvalue weighted by molar-refractivity contribution is -0.270. The molecule has 0 spiro atoms. The van der Waals surface area contributed by atoms with Gasteiger partial charge in [0.05, 0.1) is 28.5 Å². The zero-order chi connectivity index (χ0) is 10.9. The third-order valence-electron chi connectivity index (χ3n) is 2.55. The van der Waals surface area contributed by atoms with Crippen molar-refractivity contribution in [3.05, 3.63) is 21.3 Å². The van der Waals surface area contributed by atoms with Gasteiger partial charge in [0, 0.05) is 0 Å². The molecule has 0 amide bonds. The molecule has 0 radical (unpaired) electrons. The van der Waals surface area contributed by atoms with Crippen LogP contribution in [0.4, 0.5) is 0 Å². The second-order valence-electron chi connectivity index (χ2n) is 3.66. The van der Waals surface area contributed by atoms with Gasteiger partial charge in [0.1, 0.15) is 0 Å². The lowest BCUT2D eigenvalue weighted by Gasteiger charge is -2.36. The summed E-state index contributed by atoms with van der Waals surface area (Å²) in [6, 6.07) is 4.09. The molecule has 1 aromatic rings. The SMILES string of the molecule is CNC1COC(C)(c2ccc(Cl)s2)OC1. The van der Waals surface area contributed by atoms with Crippen molar-refractivity contribution in [3.8, 4) is 0 Å². The van der Waals surface area contributed by atoms with Gasteiger partial charge in [-0.15, -0.1) is 11.3 Å². The average Bonchev–Trinajstić information content (AvgIpc) is 2.67. The molecular formula is C10H14ClNO2S. The van der Waals surface area contributed by atoms with Crippen molar-refractivity contribution in [2.45, 2.75) is 18.8 Å². The fraction of sp³-hybridized carbons (Fsp3) is 0.600. The van der Waals surface area contributed by atoms with Crippen LogP contribution in [-0.4, -0.2) is 26.3 Å². The highest BCUT2D eigenvalue weighted by molar-refractivity contribution is 7.16. The molecule has 5 heteroatoms. The van der Waals surface area contributed by atoms with E-state index in [-0.39, 0.29) is 6.04 Å². The van der Waals surface area contributed by atoms with Crippen LogP contribution in [0.5, 0.6) is 0 Å². The molecule has 0 aromatic carbocycles. The predicted molar refractivity (Wildman–Crippen MR) is 61.4 cm³/mol. The monoisotopic (exact) mass is 247 g/mol. The maximum absolute atomic E-state index is 5.89. The number of ether oxygens (including phenoxy) is 2. The van der Waals surface area contributed by atoms with Gasteiger partial charge < -0.3 is 14.8 Å². The molecule has 1 N–H and O–H groups in total. The van der Waals surface area contributed by atoms with E-state index in [1.807, 2.05) is 26.1 Å². The molecule has 0 bridgehead atoms. The van der Waals surface area contributed by atoms with Crippen LogP contribution in [0, 0.1) is 0 Å². The Morgan fingerprint density at radius 2 is 2.13 bits per heavy atom. The standard InChI is InChI=1S/C10H14ClNO2S/c1-10(8-3-4-9(11)15-8)13-5-7(12-2)6-14-10/h3-4,7,12H,5-6H2,1-2H3. The van der Waals surface area contributed by atoms with E-state index in [0.717, 1.165) is 9.21 Å². The Kier molecular flexibility index (Phi) is 3.33. The summed E-state index contributed by atoms with van der Waals surface area (Å²) in [5, 5.41) is 3.13. The molecule has 1 saturated heterocycles. The van der Waals surface area contributed by atoms with E-state index >= 15 is 0 Å². The zero-order valence-corrected chi connectivity index (χ0v) is 10.3. The second kappa shape index (κ2) is 4.39. The van der Waals surface area contributed by atoms with Gasteiger partial charge in [0.25, 0.3) is 0 Å². The van der Waals surface area contributed by atoms with E-state index in [0.29, 0.717) is 13.2 Å². The van der Waals surface area contributed by atoms with Gasteiger partial charge in [-0.2, -0.15) is 0 Å². The molecule has 0 unspecified atom stereocenters. The Hall–Kier alpha value is -0.130. The van der Waals surface area contributed by atoms with E-state index in [4.69, 9.17) is 21.1 Å². The summed E-state index contributed by atoms with van der Waals surface area (Å²) in [5.41, 5.74) is 0. The van der Waals surface area contributed by atoms with E-state index in [9.17, 15) is 0 Å². The summed E-state index contributed by atoms with van der Waals surface area (Å²) >= 11 is 7.39. The number of hydrogen-bond donors (Lipinski definition) is 1. The van der Waals surface area contributed by atoms with Crippen molar-refractivity contribution in [1.82, 2.24) is 5.32 Å². The first kappa shape index (κ1) is 11.4. The van der Waals surface area contributed by atoms with Crippen molar-refractivity contribution in [3.63, 3.8) is 0 Å². The Morgan fingerprint density at radius 1 is 1.47 bits per heavy atom. The first-order valence-corrected chi connectivity index (χ1v) is 6.04. The molecule has 84 valence electrons. The van der Waals surface area contributed by atoms with Crippen LogP contribution >= 0.6 is 22.9 Å². The minimum atomic E-state index is -0.634. The smallest absolute Gasteiger partial charge is 0.201 e.